The predicted molar refractivity (Wildman–Crippen MR) is 55.3 cm³/mol. The van der Waals surface area contributed by atoms with E-state index in [-0.39, 0.29) is 0 Å². The molecule has 2 nitrogen and oxygen atoms in total. The summed E-state index contributed by atoms with van der Waals surface area (Å²) in [7, 11) is 0. The van der Waals surface area contributed by atoms with Gasteiger partial charge in [-0.05, 0) is 19.8 Å². The smallest absolute Gasteiger partial charge is 0.0162 e. The van der Waals surface area contributed by atoms with Gasteiger partial charge in [0.2, 0.25) is 0 Å². The first-order valence-corrected chi connectivity index (χ1v) is 5.19. The Kier molecular flexibility index (Phi) is 7.51. The maximum atomic E-state index is 5.79. The van der Waals surface area contributed by atoms with Crippen molar-refractivity contribution < 1.29 is 0 Å². The lowest BCUT2D eigenvalue weighted by Crippen LogP contribution is -2.37. The Morgan fingerprint density at radius 2 is 2.00 bits per heavy atom. The molecule has 0 radical (unpaired) electrons. The van der Waals surface area contributed by atoms with Gasteiger partial charge in [0.25, 0.3) is 0 Å². The fraction of sp³-hybridized carbons (Fsp3) is 1.00. The molecule has 12 heavy (non-hydrogen) atoms. The van der Waals surface area contributed by atoms with Crippen molar-refractivity contribution in [2.45, 2.75) is 58.5 Å². The van der Waals surface area contributed by atoms with Crippen LogP contribution in [0, 0.1) is 0 Å². The van der Waals surface area contributed by atoms with Crippen molar-refractivity contribution in [3.63, 3.8) is 0 Å². The topological polar surface area (TPSA) is 38.0 Å². The molecule has 0 heterocycles. The summed E-state index contributed by atoms with van der Waals surface area (Å²) in [5, 5.41) is 3.44. The number of nitrogens with one attached hydrogen (secondary N) is 1. The third-order valence-corrected chi connectivity index (χ3v) is 2.24. The van der Waals surface area contributed by atoms with Crippen LogP contribution in [0.5, 0.6) is 0 Å². The molecule has 0 rings (SSSR count). The standard InChI is InChI=1S/C10H24N2/c1-4-6-7-9(3)12-8-10(11)5-2/h9-10,12H,4-8,11H2,1-3H3. The highest BCUT2D eigenvalue weighted by Crippen LogP contribution is 1.99. The monoisotopic (exact) mass is 172 g/mol. The van der Waals surface area contributed by atoms with E-state index in [4.69, 9.17) is 5.73 Å². The van der Waals surface area contributed by atoms with Gasteiger partial charge in [-0.25, -0.2) is 0 Å². The van der Waals surface area contributed by atoms with Crippen LogP contribution in [-0.2, 0) is 0 Å². The first-order valence-electron chi connectivity index (χ1n) is 5.19. The SMILES string of the molecule is CCCCC(C)NCC(N)CC. The normalized spacial score (nSPS) is 16.0. The van der Waals surface area contributed by atoms with Crippen LogP contribution < -0.4 is 11.1 Å². The van der Waals surface area contributed by atoms with Gasteiger partial charge in [0.05, 0.1) is 0 Å². The molecule has 2 unspecified atom stereocenters. The molecular weight excluding hydrogens is 148 g/mol. The molecule has 0 spiro atoms. The van der Waals surface area contributed by atoms with Gasteiger partial charge in [-0.15, -0.1) is 0 Å². The van der Waals surface area contributed by atoms with Crippen LogP contribution in [0.25, 0.3) is 0 Å². The lowest BCUT2D eigenvalue weighted by Gasteiger charge is -2.16. The predicted octanol–water partition coefficient (Wildman–Crippen LogP) is 1.89. The molecule has 0 fully saturated rings. The zero-order valence-electron chi connectivity index (χ0n) is 8.77. The van der Waals surface area contributed by atoms with E-state index in [0.29, 0.717) is 12.1 Å². The molecule has 2 atom stereocenters. The maximum Gasteiger partial charge on any atom is 0.0162 e. The minimum absolute atomic E-state index is 0.328. The second-order valence-electron chi connectivity index (χ2n) is 3.62. The zero-order valence-corrected chi connectivity index (χ0v) is 8.77. The van der Waals surface area contributed by atoms with Gasteiger partial charge < -0.3 is 11.1 Å². The molecule has 0 amide bonds. The summed E-state index contributed by atoms with van der Waals surface area (Å²) in [5.41, 5.74) is 5.79. The Hall–Kier alpha value is -0.0800. The van der Waals surface area contributed by atoms with Crippen LogP contribution in [0.2, 0.25) is 0 Å². The van der Waals surface area contributed by atoms with Crippen molar-refractivity contribution >= 4 is 0 Å². The van der Waals surface area contributed by atoms with Crippen molar-refractivity contribution in [3.05, 3.63) is 0 Å². The van der Waals surface area contributed by atoms with Crippen LogP contribution in [0.4, 0.5) is 0 Å². The Morgan fingerprint density at radius 1 is 1.33 bits per heavy atom. The number of hydrogen-bond acceptors (Lipinski definition) is 2. The summed E-state index contributed by atoms with van der Waals surface area (Å²) in [6.07, 6.45) is 4.93. The van der Waals surface area contributed by atoms with Crippen molar-refractivity contribution in [1.29, 1.82) is 0 Å². The van der Waals surface area contributed by atoms with Crippen LogP contribution in [0.1, 0.15) is 46.5 Å². The van der Waals surface area contributed by atoms with E-state index in [2.05, 4.69) is 26.1 Å². The van der Waals surface area contributed by atoms with Crippen molar-refractivity contribution in [1.82, 2.24) is 5.32 Å². The number of unbranched alkanes of at least 4 members (excludes halogenated alkanes) is 1. The number of hydrogen-bond donors (Lipinski definition) is 2. The first-order chi connectivity index (χ1) is 5.70. The highest BCUT2D eigenvalue weighted by Gasteiger charge is 2.02. The first kappa shape index (κ1) is 11.9. The summed E-state index contributed by atoms with van der Waals surface area (Å²) in [6, 6.07) is 0.955. The molecule has 0 saturated heterocycles. The van der Waals surface area contributed by atoms with Gasteiger partial charge in [-0.3, -0.25) is 0 Å². The van der Waals surface area contributed by atoms with E-state index in [1.54, 1.807) is 0 Å². The maximum absolute atomic E-state index is 5.79. The fourth-order valence-electron chi connectivity index (χ4n) is 1.11. The van der Waals surface area contributed by atoms with Gasteiger partial charge in [-0.2, -0.15) is 0 Å². The lowest BCUT2D eigenvalue weighted by atomic mass is 10.1. The Bertz CT molecular complexity index is 93.8. The largest absolute Gasteiger partial charge is 0.327 e. The molecular formula is C10H24N2. The molecule has 0 bridgehead atoms. The van der Waals surface area contributed by atoms with Crippen LogP contribution in [0.15, 0.2) is 0 Å². The highest BCUT2D eigenvalue weighted by molar-refractivity contribution is 4.66. The van der Waals surface area contributed by atoms with Crippen LogP contribution in [-0.4, -0.2) is 18.6 Å². The lowest BCUT2D eigenvalue weighted by molar-refractivity contribution is 0.462. The fourth-order valence-corrected chi connectivity index (χ4v) is 1.11. The molecule has 74 valence electrons. The summed E-state index contributed by atoms with van der Waals surface area (Å²) in [4.78, 5) is 0. The quantitative estimate of drug-likeness (QED) is 0.615. The van der Waals surface area contributed by atoms with E-state index in [9.17, 15) is 0 Å². The average Bonchev–Trinajstić information content (AvgIpc) is 2.10. The van der Waals surface area contributed by atoms with Crippen molar-refractivity contribution in [2.75, 3.05) is 6.54 Å². The molecule has 0 saturated carbocycles. The van der Waals surface area contributed by atoms with E-state index < -0.39 is 0 Å². The van der Waals surface area contributed by atoms with Crippen LogP contribution in [0.3, 0.4) is 0 Å². The number of rotatable bonds is 7. The third-order valence-electron chi connectivity index (χ3n) is 2.24. The molecule has 3 N–H and O–H groups in total. The van der Waals surface area contributed by atoms with Gasteiger partial charge in [0.1, 0.15) is 0 Å². The molecule has 0 aromatic rings. The molecule has 0 aromatic heterocycles. The van der Waals surface area contributed by atoms with E-state index in [1.165, 1.54) is 19.3 Å². The molecule has 2 heteroatoms. The highest BCUT2D eigenvalue weighted by atomic mass is 14.9. The second kappa shape index (κ2) is 7.56. The zero-order chi connectivity index (χ0) is 9.40. The third kappa shape index (κ3) is 6.62. The van der Waals surface area contributed by atoms with E-state index in [1.807, 2.05) is 0 Å². The minimum Gasteiger partial charge on any atom is -0.327 e. The summed E-state index contributed by atoms with van der Waals surface area (Å²) >= 11 is 0. The summed E-state index contributed by atoms with van der Waals surface area (Å²) in [5.74, 6) is 0. The molecule has 0 aliphatic rings. The number of nitrogens with two attached hydrogens (primary N) is 1. The Morgan fingerprint density at radius 3 is 2.50 bits per heavy atom. The average molecular weight is 172 g/mol. The Labute approximate surface area is 76.9 Å². The van der Waals surface area contributed by atoms with Crippen molar-refractivity contribution in [2.24, 2.45) is 5.73 Å². The van der Waals surface area contributed by atoms with Gasteiger partial charge in [-0.1, -0.05) is 26.7 Å². The summed E-state index contributed by atoms with van der Waals surface area (Å²) < 4.78 is 0. The minimum atomic E-state index is 0.328. The Balaban J connectivity index is 3.24. The van der Waals surface area contributed by atoms with Crippen LogP contribution >= 0.6 is 0 Å². The second-order valence-corrected chi connectivity index (χ2v) is 3.62. The van der Waals surface area contributed by atoms with E-state index in [0.717, 1.165) is 13.0 Å². The van der Waals surface area contributed by atoms with Gasteiger partial charge >= 0.3 is 0 Å². The van der Waals surface area contributed by atoms with E-state index >= 15 is 0 Å². The van der Waals surface area contributed by atoms with Crippen molar-refractivity contribution in [3.8, 4) is 0 Å². The summed E-state index contributed by atoms with van der Waals surface area (Å²) in [6.45, 7) is 7.55. The van der Waals surface area contributed by atoms with Gasteiger partial charge in [0, 0.05) is 18.6 Å². The molecule has 0 aromatic carbocycles. The molecule has 0 aliphatic carbocycles. The molecule has 0 aliphatic heterocycles. The van der Waals surface area contributed by atoms with Gasteiger partial charge in [0.15, 0.2) is 0 Å².